The monoisotopic (exact) mass is 344 g/mol. The molecular weight excluding hydrogens is 335 g/mol. The average Bonchev–Trinajstić information content (AvgIpc) is 2.35. The first-order valence-electron chi connectivity index (χ1n) is 5.30. The Morgan fingerprint density at radius 3 is 2.68 bits per heavy atom. The van der Waals surface area contributed by atoms with E-state index in [4.69, 9.17) is 0 Å². The molecule has 2 rings (SSSR count). The molecule has 1 heterocycles. The number of halogens is 2. The minimum absolute atomic E-state index is 0.338. The van der Waals surface area contributed by atoms with Gasteiger partial charge in [-0.2, -0.15) is 8.42 Å². The molecule has 2 aromatic rings. The van der Waals surface area contributed by atoms with Crippen LogP contribution in [-0.2, 0) is 10.0 Å². The molecule has 1 aromatic carbocycles. The number of rotatable bonds is 3. The zero-order chi connectivity index (χ0) is 14.0. The van der Waals surface area contributed by atoms with E-state index in [1.165, 1.54) is 12.3 Å². The average molecular weight is 345 g/mol. The number of aryl methyl sites for hydroxylation is 1. The summed E-state index contributed by atoms with van der Waals surface area (Å²) in [6, 6.07) is 7.48. The molecule has 0 amide bonds. The van der Waals surface area contributed by atoms with Gasteiger partial charge in [0, 0.05) is 10.7 Å². The van der Waals surface area contributed by atoms with Gasteiger partial charge < -0.3 is 0 Å². The molecule has 0 unspecified atom stereocenters. The summed E-state index contributed by atoms with van der Waals surface area (Å²) in [5, 5.41) is -0.622. The molecule has 0 aliphatic heterocycles. The number of hydrogen-bond donors (Lipinski definition) is 1. The summed E-state index contributed by atoms with van der Waals surface area (Å²) in [5.41, 5.74) is 1.20. The lowest BCUT2D eigenvalue weighted by Crippen LogP contribution is -2.16. The first-order valence-corrected chi connectivity index (χ1v) is 7.58. The maximum absolute atomic E-state index is 13.5. The predicted octanol–water partition coefficient (Wildman–Crippen LogP) is 3.09. The van der Waals surface area contributed by atoms with E-state index in [0.717, 1.165) is 11.6 Å². The van der Waals surface area contributed by atoms with Crippen LogP contribution in [0.25, 0.3) is 0 Å². The summed E-state index contributed by atoms with van der Waals surface area (Å²) in [6.45, 7) is 1.82. The van der Waals surface area contributed by atoms with Crippen molar-refractivity contribution in [2.75, 3.05) is 4.72 Å². The molecule has 0 saturated carbocycles. The van der Waals surface area contributed by atoms with E-state index in [1.54, 1.807) is 12.1 Å². The van der Waals surface area contributed by atoms with Crippen LogP contribution in [0.5, 0.6) is 0 Å². The number of benzene rings is 1. The smallest absolute Gasteiger partial charge is 0.277 e. The minimum Gasteiger partial charge on any atom is -0.277 e. The van der Waals surface area contributed by atoms with Gasteiger partial charge in [0.25, 0.3) is 10.0 Å². The van der Waals surface area contributed by atoms with E-state index >= 15 is 0 Å². The van der Waals surface area contributed by atoms with Crippen molar-refractivity contribution in [1.82, 2.24) is 4.98 Å². The van der Waals surface area contributed by atoms with Gasteiger partial charge in [0.05, 0.1) is 5.69 Å². The highest BCUT2D eigenvalue weighted by atomic mass is 79.9. The second-order valence-electron chi connectivity index (χ2n) is 3.83. The Morgan fingerprint density at radius 1 is 1.26 bits per heavy atom. The third-order valence-corrected chi connectivity index (χ3v) is 4.77. The number of aromatic nitrogens is 1. The molecule has 0 aliphatic rings. The largest absolute Gasteiger partial charge is 0.282 e. The van der Waals surface area contributed by atoms with Crippen LogP contribution in [0.4, 0.5) is 10.1 Å². The van der Waals surface area contributed by atoms with E-state index in [2.05, 4.69) is 25.6 Å². The molecule has 100 valence electrons. The lowest BCUT2D eigenvalue weighted by molar-refractivity contribution is 0.557. The molecule has 19 heavy (non-hydrogen) atoms. The topological polar surface area (TPSA) is 59.1 Å². The van der Waals surface area contributed by atoms with Crippen LogP contribution in [0.1, 0.15) is 5.56 Å². The Labute approximate surface area is 118 Å². The maximum atomic E-state index is 13.5. The van der Waals surface area contributed by atoms with Crippen molar-refractivity contribution >= 4 is 31.6 Å². The molecule has 0 saturated heterocycles. The van der Waals surface area contributed by atoms with Crippen LogP contribution >= 0.6 is 15.9 Å². The number of anilines is 1. The molecule has 0 fully saturated rings. The fraction of sp³-hybridized carbons (Fsp3) is 0.0833. The van der Waals surface area contributed by atoms with Crippen molar-refractivity contribution in [3.63, 3.8) is 0 Å². The number of nitrogens with one attached hydrogen (secondary N) is 1. The van der Waals surface area contributed by atoms with Crippen LogP contribution in [0, 0.1) is 12.7 Å². The highest BCUT2D eigenvalue weighted by molar-refractivity contribution is 9.10. The SMILES string of the molecule is Cc1cccc(NS(=O)(=O)c2ncccc2F)c1Br. The molecule has 0 bridgehead atoms. The van der Waals surface area contributed by atoms with Crippen molar-refractivity contribution in [2.24, 2.45) is 0 Å². The maximum Gasteiger partial charge on any atom is 0.282 e. The standard InChI is InChI=1S/C12H10BrFN2O2S/c1-8-4-2-6-10(11(8)13)16-19(17,18)12-9(14)5-3-7-15-12/h2-7,16H,1H3. The lowest BCUT2D eigenvalue weighted by atomic mass is 10.2. The molecule has 0 spiro atoms. The molecule has 0 radical (unpaired) electrons. The van der Waals surface area contributed by atoms with E-state index in [-0.39, 0.29) is 0 Å². The minimum atomic E-state index is -4.05. The molecule has 1 N–H and O–H groups in total. The van der Waals surface area contributed by atoms with Gasteiger partial charge in [-0.3, -0.25) is 4.72 Å². The third kappa shape index (κ3) is 2.93. The fourth-order valence-corrected chi connectivity index (χ4v) is 3.06. The number of nitrogens with zero attached hydrogens (tertiary/aromatic N) is 1. The van der Waals surface area contributed by atoms with Crippen molar-refractivity contribution in [3.05, 3.63) is 52.4 Å². The van der Waals surface area contributed by atoms with Crippen LogP contribution in [0.2, 0.25) is 0 Å². The Morgan fingerprint density at radius 2 is 2.00 bits per heavy atom. The van der Waals surface area contributed by atoms with E-state index in [9.17, 15) is 12.8 Å². The summed E-state index contributed by atoms with van der Waals surface area (Å²) in [4.78, 5) is 3.56. The quantitative estimate of drug-likeness (QED) is 0.930. The van der Waals surface area contributed by atoms with Crippen molar-refractivity contribution in [3.8, 4) is 0 Å². The van der Waals surface area contributed by atoms with Gasteiger partial charge in [0.15, 0.2) is 5.82 Å². The molecule has 0 atom stereocenters. The van der Waals surface area contributed by atoms with E-state index in [0.29, 0.717) is 10.2 Å². The van der Waals surface area contributed by atoms with Gasteiger partial charge in [-0.05, 0) is 46.6 Å². The molecule has 7 heteroatoms. The van der Waals surface area contributed by atoms with Gasteiger partial charge >= 0.3 is 0 Å². The Bertz CT molecular complexity index is 719. The van der Waals surface area contributed by atoms with Gasteiger partial charge in [-0.1, -0.05) is 12.1 Å². The van der Waals surface area contributed by atoms with Crippen LogP contribution in [0.15, 0.2) is 46.0 Å². The second-order valence-corrected chi connectivity index (χ2v) is 6.22. The Kier molecular flexibility index (Phi) is 3.86. The van der Waals surface area contributed by atoms with Crippen molar-refractivity contribution in [2.45, 2.75) is 11.9 Å². The zero-order valence-electron chi connectivity index (χ0n) is 9.89. The van der Waals surface area contributed by atoms with Crippen molar-refractivity contribution < 1.29 is 12.8 Å². The van der Waals surface area contributed by atoms with Crippen LogP contribution < -0.4 is 4.72 Å². The molecule has 0 aliphatic carbocycles. The van der Waals surface area contributed by atoms with Gasteiger partial charge in [0.2, 0.25) is 5.03 Å². The molecule has 1 aromatic heterocycles. The fourth-order valence-electron chi connectivity index (χ4n) is 1.49. The van der Waals surface area contributed by atoms with Gasteiger partial charge in [-0.25, -0.2) is 9.37 Å². The highest BCUT2D eigenvalue weighted by Crippen LogP contribution is 2.27. The van der Waals surface area contributed by atoms with Crippen molar-refractivity contribution in [1.29, 1.82) is 0 Å². The summed E-state index contributed by atoms with van der Waals surface area (Å²) in [7, 11) is -4.05. The first kappa shape index (κ1) is 14.0. The predicted molar refractivity (Wildman–Crippen MR) is 73.9 cm³/mol. The number of hydrogen-bond acceptors (Lipinski definition) is 3. The third-order valence-electron chi connectivity index (χ3n) is 2.42. The second kappa shape index (κ2) is 5.26. The molecule has 4 nitrogen and oxygen atoms in total. The highest BCUT2D eigenvalue weighted by Gasteiger charge is 2.21. The van der Waals surface area contributed by atoms with Gasteiger partial charge in [0.1, 0.15) is 0 Å². The van der Waals surface area contributed by atoms with E-state index < -0.39 is 20.9 Å². The van der Waals surface area contributed by atoms with E-state index in [1.807, 2.05) is 13.0 Å². The number of sulfonamides is 1. The van der Waals surface area contributed by atoms with Crippen LogP contribution in [0.3, 0.4) is 0 Å². The summed E-state index contributed by atoms with van der Waals surface area (Å²) >= 11 is 3.28. The Hall–Kier alpha value is -1.47. The normalized spacial score (nSPS) is 11.3. The van der Waals surface area contributed by atoms with Gasteiger partial charge in [-0.15, -0.1) is 0 Å². The summed E-state index contributed by atoms with van der Waals surface area (Å²) in [5.74, 6) is -0.890. The van der Waals surface area contributed by atoms with Crippen LogP contribution in [-0.4, -0.2) is 13.4 Å². The first-order chi connectivity index (χ1) is 8.92. The Balaban J connectivity index is 2.43. The number of pyridine rings is 1. The molecular formula is C12H10BrFN2O2S. The lowest BCUT2D eigenvalue weighted by Gasteiger charge is -2.10. The summed E-state index contributed by atoms with van der Waals surface area (Å²) in [6.07, 6.45) is 1.23. The zero-order valence-corrected chi connectivity index (χ0v) is 12.3. The summed E-state index contributed by atoms with van der Waals surface area (Å²) < 4.78 is 40.5.